The summed E-state index contributed by atoms with van der Waals surface area (Å²) >= 11 is 0. The Morgan fingerprint density at radius 1 is 0.952 bits per heavy atom. The van der Waals surface area contributed by atoms with Crippen molar-refractivity contribution in [2.24, 2.45) is 0 Å². The van der Waals surface area contributed by atoms with Gasteiger partial charge in [-0.15, -0.1) is 0 Å². The van der Waals surface area contributed by atoms with E-state index in [1.807, 2.05) is 0 Å². The standard InChI is InChI=1S/C20H29N/c1-7-13-20(6,8-2)16-11-9-15-10-12-18(19(3,4)5)21-17(15)14-16/h9-12,14H,7-8,13H2,1-6H3. The van der Waals surface area contributed by atoms with Crippen LogP contribution in [0.5, 0.6) is 0 Å². The third kappa shape index (κ3) is 3.28. The van der Waals surface area contributed by atoms with Crippen LogP contribution in [-0.2, 0) is 10.8 Å². The maximum atomic E-state index is 4.92. The average Bonchev–Trinajstić information content (AvgIpc) is 2.45. The number of fused-ring (bicyclic) bond motifs is 1. The smallest absolute Gasteiger partial charge is 0.0708 e. The molecule has 0 amide bonds. The fourth-order valence-corrected chi connectivity index (χ4v) is 2.99. The normalized spacial score (nSPS) is 15.1. The van der Waals surface area contributed by atoms with Crippen LogP contribution in [0.15, 0.2) is 30.3 Å². The highest BCUT2D eigenvalue weighted by Crippen LogP contribution is 2.34. The number of nitrogens with zero attached hydrogens (tertiary/aromatic N) is 1. The Bertz CT molecular complexity index is 621. The lowest BCUT2D eigenvalue weighted by molar-refractivity contribution is 0.414. The first-order valence-electron chi connectivity index (χ1n) is 8.22. The maximum absolute atomic E-state index is 4.92. The zero-order valence-corrected chi connectivity index (χ0v) is 14.5. The molecule has 0 bridgehead atoms. The van der Waals surface area contributed by atoms with Gasteiger partial charge in [0.25, 0.3) is 0 Å². The van der Waals surface area contributed by atoms with Gasteiger partial charge in [0.2, 0.25) is 0 Å². The van der Waals surface area contributed by atoms with Gasteiger partial charge in [0.15, 0.2) is 0 Å². The van der Waals surface area contributed by atoms with Crippen LogP contribution in [0.25, 0.3) is 10.9 Å². The monoisotopic (exact) mass is 283 g/mol. The van der Waals surface area contributed by atoms with Crippen LogP contribution in [-0.4, -0.2) is 4.98 Å². The fraction of sp³-hybridized carbons (Fsp3) is 0.550. The Morgan fingerprint density at radius 2 is 1.62 bits per heavy atom. The predicted octanol–water partition coefficient (Wildman–Crippen LogP) is 6.00. The van der Waals surface area contributed by atoms with Crippen molar-refractivity contribution < 1.29 is 0 Å². The van der Waals surface area contributed by atoms with Gasteiger partial charge in [0.1, 0.15) is 0 Å². The molecule has 1 heteroatoms. The highest BCUT2D eigenvalue weighted by molar-refractivity contribution is 5.79. The van der Waals surface area contributed by atoms with Crippen LogP contribution in [0.1, 0.15) is 72.1 Å². The maximum Gasteiger partial charge on any atom is 0.0708 e. The Kier molecular flexibility index (Phi) is 4.41. The molecular weight excluding hydrogens is 254 g/mol. The van der Waals surface area contributed by atoms with Gasteiger partial charge in [-0.25, -0.2) is 0 Å². The first-order chi connectivity index (χ1) is 9.80. The molecule has 2 aromatic rings. The Balaban J connectivity index is 2.54. The minimum absolute atomic E-state index is 0.0989. The zero-order chi connectivity index (χ0) is 15.7. The van der Waals surface area contributed by atoms with Crippen LogP contribution in [0, 0.1) is 0 Å². The third-order valence-corrected chi connectivity index (χ3v) is 4.74. The van der Waals surface area contributed by atoms with E-state index in [9.17, 15) is 0 Å². The van der Waals surface area contributed by atoms with E-state index in [2.05, 4.69) is 71.9 Å². The van der Waals surface area contributed by atoms with Crippen LogP contribution in [0.3, 0.4) is 0 Å². The van der Waals surface area contributed by atoms with Crippen molar-refractivity contribution in [2.45, 2.75) is 71.6 Å². The molecule has 1 aromatic carbocycles. The van der Waals surface area contributed by atoms with Crippen molar-refractivity contribution in [3.8, 4) is 0 Å². The zero-order valence-electron chi connectivity index (χ0n) is 14.5. The summed E-state index contributed by atoms with van der Waals surface area (Å²) in [6.45, 7) is 13.6. The van der Waals surface area contributed by atoms with Crippen LogP contribution in [0.2, 0.25) is 0 Å². The van der Waals surface area contributed by atoms with Crippen molar-refractivity contribution in [3.63, 3.8) is 0 Å². The number of aromatic nitrogens is 1. The van der Waals surface area contributed by atoms with Crippen molar-refractivity contribution in [3.05, 3.63) is 41.6 Å². The molecule has 0 fully saturated rings. The molecule has 0 aliphatic rings. The highest BCUT2D eigenvalue weighted by atomic mass is 14.7. The number of pyridine rings is 1. The number of rotatable bonds is 4. The van der Waals surface area contributed by atoms with Crippen LogP contribution < -0.4 is 0 Å². The number of benzene rings is 1. The molecule has 0 saturated heterocycles. The fourth-order valence-electron chi connectivity index (χ4n) is 2.99. The Labute approximate surface area is 129 Å². The molecule has 2 rings (SSSR count). The molecule has 0 spiro atoms. The summed E-state index contributed by atoms with van der Waals surface area (Å²) in [5, 5.41) is 1.24. The first-order valence-corrected chi connectivity index (χ1v) is 8.22. The summed E-state index contributed by atoms with van der Waals surface area (Å²) in [7, 11) is 0. The molecule has 1 atom stereocenters. The third-order valence-electron chi connectivity index (χ3n) is 4.74. The van der Waals surface area contributed by atoms with Gasteiger partial charge >= 0.3 is 0 Å². The number of hydrogen-bond acceptors (Lipinski definition) is 1. The second-order valence-corrected chi connectivity index (χ2v) is 7.52. The van der Waals surface area contributed by atoms with E-state index in [1.165, 1.54) is 35.9 Å². The lowest BCUT2D eigenvalue weighted by Crippen LogP contribution is -2.20. The van der Waals surface area contributed by atoms with Crippen LogP contribution >= 0.6 is 0 Å². The number of hydrogen-bond donors (Lipinski definition) is 0. The van der Waals surface area contributed by atoms with E-state index >= 15 is 0 Å². The minimum Gasteiger partial charge on any atom is -0.252 e. The second kappa shape index (κ2) is 5.79. The van der Waals surface area contributed by atoms with Gasteiger partial charge in [-0.3, -0.25) is 4.98 Å². The van der Waals surface area contributed by atoms with E-state index in [4.69, 9.17) is 4.98 Å². The topological polar surface area (TPSA) is 12.9 Å². The lowest BCUT2D eigenvalue weighted by atomic mass is 9.76. The van der Waals surface area contributed by atoms with Crippen molar-refractivity contribution >= 4 is 10.9 Å². The van der Waals surface area contributed by atoms with Gasteiger partial charge in [-0.1, -0.05) is 66.2 Å². The summed E-state index contributed by atoms with van der Waals surface area (Å²) in [6.07, 6.45) is 3.62. The average molecular weight is 283 g/mol. The van der Waals surface area contributed by atoms with Crippen molar-refractivity contribution in [1.82, 2.24) is 4.98 Å². The molecule has 1 nitrogen and oxygen atoms in total. The SMILES string of the molecule is CCCC(C)(CC)c1ccc2ccc(C(C)(C)C)nc2c1. The molecule has 0 saturated carbocycles. The molecule has 114 valence electrons. The van der Waals surface area contributed by atoms with Crippen LogP contribution in [0.4, 0.5) is 0 Å². The largest absolute Gasteiger partial charge is 0.252 e. The van der Waals surface area contributed by atoms with E-state index in [0.29, 0.717) is 0 Å². The molecule has 21 heavy (non-hydrogen) atoms. The molecule has 0 aliphatic heterocycles. The molecule has 1 aromatic heterocycles. The Morgan fingerprint density at radius 3 is 2.19 bits per heavy atom. The van der Waals surface area contributed by atoms with E-state index in [1.54, 1.807) is 0 Å². The van der Waals surface area contributed by atoms with Gasteiger partial charge in [0, 0.05) is 16.5 Å². The minimum atomic E-state index is 0.0989. The summed E-state index contributed by atoms with van der Waals surface area (Å²) in [5.74, 6) is 0. The van der Waals surface area contributed by atoms with Crippen molar-refractivity contribution in [2.75, 3.05) is 0 Å². The molecule has 0 N–H and O–H groups in total. The van der Waals surface area contributed by atoms with Gasteiger partial charge in [-0.05, 0) is 36.0 Å². The molecule has 0 radical (unpaired) electrons. The van der Waals surface area contributed by atoms with E-state index < -0.39 is 0 Å². The summed E-state index contributed by atoms with van der Waals surface area (Å²) in [5.41, 5.74) is 4.10. The summed E-state index contributed by atoms with van der Waals surface area (Å²) in [6, 6.07) is 11.2. The van der Waals surface area contributed by atoms with Gasteiger partial charge < -0.3 is 0 Å². The summed E-state index contributed by atoms with van der Waals surface area (Å²) < 4.78 is 0. The quantitative estimate of drug-likeness (QED) is 0.670. The molecular formula is C20H29N. The predicted molar refractivity (Wildman–Crippen MR) is 93.0 cm³/mol. The van der Waals surface area contributed by atoms with E-state index in [0.717, 1.165) is 5.52 Å². The summed E-state index contributed by atoms with van der Waals surface area (Å²) in [4.78, 5) is 4.92. The van der Waals surface area contributed by atoms with Crippen molar-refractivity contribution in [1.29, 1.82) is 0 Å². The lowest BCUT2D eigenvalue weighted by Gasteiger charge is -2.29. The molecule has 0 aliphatic carbocycles. The molecule has 1 unspecified atom stereocenters. The highest BCUT2D eigenvalue weighted by Gasteiger charge is 2.24. The second-order valence-electron chi connectivity index (χ2n) is 7.52. The van der Waals surface area contributed by atoms with Gasteiger partial charge in [-0.2, -0.15) is 0 Å². The Hall–Kier alpha value is -1.37. The van der Waals surface area contributed by atoms with E-state index in [-0.39, 0.29) is 10.8 Å². The van der Waals surface area contributed by atoms with Gasteiger partial charge in [0.05, 0.1) is 5.52 Å². The molecule has 1 heterocycles. The first kappa shape index (κ1) is 16.0.